The number of carboxylic acids is 1. The summed E-state index contributed by atoms with van der Waals surface area (Å²) in [4.78, 5) is 11.0. The largest absolute Gasteiger partial charge is 0.480 e. The van der Waals surface area contributed by atoms with Gasteiger partial charge in [-0.1, -0.05) is 12.8 Å². The van der Waals surface area contributed by atoms with Gasteiger partial charge >= 0.3 is 5.97 Å². The van der Waals surface area contributed by atoms with Crippen molar-refractivity contribution >= 4 is 17.7 Å². The summed E-state index contributed by atoms with van der Waals surface area (Å²) in [6.45, 7) is 3.80. The molecule has 110 valence electrons. The molecule has 0 aromatic heterocycles. The van der Waals surface area contributed by atoms with E-state index in [9.17, 15) is 4.79 Å². The summed E-state index contributed by atoms with van der Waals surface area (Å²) in [5.74, 6) is -0.0903. The number of nitrogens with two attached hydrogens (primary N) is 1. The first-order valence-corrected chi connectivity index (χ1v) is 8.13. The molecule has 1 heterocycles. The molecule has 1 unspecified atom stereocenters. The monoisotopic (exact) mass is 287 g/mol. The van der Waals surface area contributed by atoms with Crippen LogP contribution in [0.2, 0.25) is 0 Å². The number of hydrogen-bond acceptors (Lipinski definition) is 4. The molecular formula is C14H25NO3S. The number of hydrogen-bond donors (Lipinski definition) is 2. The molecule has 19 heavy (non-hydrogen) atoms. The van der Waals surface area contributed by atoms with Gasteiger partial charge in [-0.05, 0) is 39.5 Å². The molecule has 0 radical (unpaired) electrons. The van der Waals surface area contributed by atoms with Crippen LogP contribution in [0.1, 0.15) is 52.4 Å². The molecule has 0 aromatic rings. The Balaban J connectivity index is 1.81. The first-order chi connectivity index (χ1) is 8.85. The maximum atomic E-state index is 11.0. The average Bonchev–Trinajstić information content (AvgIpc) is 2.97. The van der Waals surface area contributed by atoms with Crippen molar-refractivity contribution in [3.05, 3.63) is 0 Å². The van der Waals surface area contributed by atoms with Crippen molar-refractivity contribution in [1.29, 1.82) is 0 Å². The van der Waals surface area contributed by atoms with Crippen LogP contribution in [0.15, 0.2) is 0 Å². The highest BCUT2D eigenvalue weighted by Gasteiger charge is 2.43. The Hall–Kier alpha value is -0.260. The second-order valence-electron chi connectivity index (χ2n) is 6.40. The maximum Gasteiger partial charge on any atom is 0.321 e. The van der Waals surface area contributed by atoms with Crippen LogP contribution in [-0.4, -0.2) is 39.3 Å². The van der Waals surface area contributed by atoms with E-state index in [4.69, 9.17) is 15.6 Å². The second kappa shape index (κ2) is 5.62. The molecule has 0 aromatic carbocycles. The van der Waals surface area contributed by atoms with E-state index < -0.39 is 16.8 Å². The highest BCUT2D eigenvalue weighted by Crippen LogP contribution is 2.44. The van der Waals surface area contributed by atoms with E-state index in [1.807, 2.05) is 13.8 Å². The lowest BCUT2D eigenvalue weighted by molar-refractivity contribution is -0.139. The predicted octanol–water partition coefficient (Wildman–Crippen LogP) is 2.40. The topological polar surface area (TPSA) is 72.5 Å². The minimum Gasteiger partial charge on any atom is -0.480 e. The molecule has 4 nitrogen and oxygen atoms in total. The van der Waals surface area contributed by atoms with E-state index in [2.05, 4.69) is 0 Å². The molecule has 2 aliphatic rings. The molecule has 0 amide bonds. The van der Waals surface area contributed by atoms with Gasteiger partial charge in [0.25, 0.3) is 0 Å². The molecule has 3 N–H and O–H groups in total. The normalized spacial score (nSPS) is 27.8. The fraction of sp³-hybridized carbons (Fsp3) is 0.929. The number of ether oxygens (including phenoxy) is 1. The van der Waals surface area contributed by atoms with Crippen molar-refractivity contribution < 1.29 is 14.6 Å². The van der Waals surface area contributed by atoms with Crippen LogP contribution in [0.5, 0.6) is 0 Å². The summed E-state index contributed by atoms with van der Waals surface area (Å²) >= 11 is 1.62. The first-order valence-electron chi connectivity index (χ1n) is 7.15. The fourth-order valence-corrected chi connectivity index (χ4v) is 4.23. The summed E-state index contributed by atoms with van der Waals surface area (Å²) in [6, 6.07) is -0.834. The van der Waals surface area contributed by atoms with Gasteiger partial charge in [-0.15, -0.1) is 0 Å². The quantitative estimate of drug-likeness (QED) is 0.812. The van der Waals surface area contributed by atoms with Gasteiger partial charge < -0.3 is 15.6 Å². The summed E-state index contributed by atoms with van der Waals surface area (Å²) in [6.07, 6.45) is 7.51. The zero-order valence-electron chi connectivity index (χ0n) is 11.9. The van der Waals surface area contributed by atoms with Gasteiger partial charge in [0.2, 0.25) is 0 Å². The molecule has 1 saturated carbocycles. The van der Waals surface area contributed by atoms with Gasteiger partial charge in [-0.2, -0.15) is 11.8 Å². The van der Waals surface area contributed by atoms with Crippen LogP contribution in [0.4, 0.5) is 0 Å². The van der Waals surface area contributed by atoms with Gasteiger partial charge in [0.05, 0.1) is 11.7 Å². The third-order valence-corrected chi connectivity index (χ3v) is 6.05. The van der Waals surface area contributed by atoms with Gasteiger partial charge in [-0.3, -0.25) is 4.79 Å². The smallest absolute Gasteiger partial charge is 0.321 e. The summed E-state index contributed by atoms with van der Waals surface area (Å²) in [5, 5.41) is 9.01. The van der Waals surface area contributed by atoms with E-state index in [1.165, 1.54) is 32.1 Å². The number of carboxylic acid groups (broad SMARTS) is 1. The Morgan fingerprint density at radius 2 is 2.11 bits per heavy atom. The van der Waals surface area contributed by atoms with E-state index >= 15 is 0 Å². The van der Waals surface area contributed by atoms with E-state index in [1.54, 1.807) is 11.8 Å². The molecule has 1 spiro atoms. The minimum absolute atomic E-state index is 0.157. The van der Waals surface area contributed by atoms with Crippen molar-refractivity contribution in [2.75, 3.05) is 5.75 Å². The van der Waals surface area contributed by atoms with Crippen LogP contribution in [0, 0.1) is 0 Å². The molecule has 2 atom stereocenters. The van der Waals surface area contributed by atoms with Gasteiger partial charge in [-0.25, -0.2) is 0 Å². The maximum absolute atomic E-state index is 11.0. The Morgan fingerprint density at radius 3 is 2.68 bits per heavy atom. The van der Waals surface area contributed by atoms with E-state index in [-0.39, 0.29) is 11.7 Å². The molecule has 1 aliphatic carbocycles. The van der Waals surface area contributed by atoms with Crippen molar-refractivity contribution in [1.82, 2.24) is 0 Å². The van der Waals surface area contributed by atoms with Gasteiger partial charge in [0.15, 0.2) is 0 Å². The molecule has 2 fully saturated rings. The zero-order chi connectivity index (χ0) is 14.1. The molecular weight excluding hydrogens is 262 g/mol. The number of aliphatic carboxylic acids is 1. The standard InChI is InChI=1S/C14H25NO3S/c1-13(2,11(15)12(16)17)19-9-10-5-8-14(18-10)6-3-4-7-14/h10-11H,3-9,15H2,1-2H3,(H,16,17)/t10?,11-/m1/s1. The van der Waals surface area contributed by atoms with Crippen molar-refractivity contribution in [3.63, 3.8) is 0 Å². The Morgan fingerprint density at radius 1 is 1.47 bits per heavy atom. The SMILES string of the molecule is CC(C)(SCC1CCC2(CCCC2)O1)[C@H](N)C(=O)O. The summed E-state index contributed by atoms with van der Waals surface area (Å²) in [5.41, 5.74) is 5.89. The van der Waals surface area contributed by atoms with Crippen LogP contribution in [0.3, 0.4) is 0 Å². The van der Waals surface area contributed by atoms with Crippen molar-refractivity contribution in [2.45, 2.75) is 74.9 Å². The highest BCUT2D eigenvalue weighted by molar-refractivity contribution is 8.00. The lowest BCUT2D eigenvalue weighted by Crippen LogP contribution is -2.47. The number of rotatable bonds is 5. The number of thioether (sulfide) groups is 1. The third kappa shape index (κ3) is 3.44. The highest BCUT2D eigenvalue weighted by atomic mass is 32.2. The van der Waals surface area contributed by atoms with Crippen molar-refractivity contribution in [2.24, 2.45) is 5.73 Å². The molecule has 1 aliphatic heterocycles. The molecule has 0 bridgehead atoms. The Bertz CT molecular complexity index is 340. The van der Waals surface area contributed by atoms with Crippen LogP contribution < -0.4 is 5.73 Å². The molecule has 1 saturated heterocycles. The summed E-state index contributed by atoms with van der Waals surface area (Å²) in [7, 11) is 0. The first kappa shape index (κ1) is 15.1. The lowest BCUT2D eigenvalue weighted by Gasteiger charge is -2.30. The lowest BCUT2D eigenvalue weighted by atomic mass is 9.98. The van der Waals surface area contributed by atoms with E-state index in [0.29, 0.717) is 0 Å². The molecule has 5 heteroatoms. The van der Waals surface area contributed by atoms with Gasteiger partial charge in [0.1, 0.15) is 6.04 Å². The number of carbonyl (C=O) groups is 1. The zero-order valence-corrected chi connectivity index (χ0v) is 12.7. The second-order valence-corrected chi connectivity index (χ2v) is 8.07. The van der Waals surface area contributed by atoms with Gasteiger partial charge in [0, 0.05) is 10.5 Å². The van der Waals surface area contributed by atoms with Crippen LogP contribution in [-0.2, 0) is 9.53 Å². The van der Waals surface area contributed by atoms with E-state index in [0.717, 1.165) is 12.2 Å². The van der Waals surface area contributed by atoms with Crippen LogP contribution >= 0.6 is 11.8 Å². The van der Waals surface area contributed by atoms with Crippen LogP contribution in [0.25, 0.3) is 0 Å². The predicted molar refractivity (Wildman–Crippen MR) is 77.5 cm³/mol. The Labute approximate surface area is 119 Å². The summed E-state index contributed by atoms with van der Waals surface area (Å²) < 4.78 is 5.78. The average molecular weight is 287 g/mol. The Kier molecular flexibility index (Phi) is 4.48. The van der Waals surface area contributed by atoms with Crippen molar-refractivity contribution in [3.8, 4) is 0 Å². The minimum atomic E-state index is -0.933. The third-order valence-electron chi connectivity index (χ3n) is 4.51. The fourth-order valence-electron chi connectivity index (χ4n) is 3.09. The molecule has 2 rings (SSSR count).